The lowest BCUT2D eigenvalue weighted by atomic mass is 10.1. The van der Waals surface area contributed by atoms with Crippen molar-refractivity contribution in [2.45, 2.75) is 24.5 Å². The number of carbonyl (C=O) groups excluding carboxylic acids is 1. The van der Waals surface area contributed by atoms with Crippen molar-refractivity contribution >= 4 is 5.97 Å². The van der Waals surface area contributed by atoms with E-state index in [1.807, 2.05) is 4.98 Å². The molecule has 132 valence electrons. The standard InChI is InChI=1S/C16H16N2O7/c19-11-6-7-18(16(23)17-11)14-13(21)12(20)10(25-14)8-24-15(22)9-4-2-1-3-5-9/h1-7,10,12-14,20-21H,8H2,(H,17,19,23)/t10-,12+,13+,14-/m1/s1. The molecule has 9 heteroatoms. The molecule has 0 bridgehead atoms. The minimum atomic E-state index is -1.43. The summed E-state index contributed by atoms with van der Waals surface area (Å²) < 4.78 is 11.5. The third-order valence-corrected chi connectivity index (χ3v) is 3.85. The van der Waals surface area contributed by atoms with Crippen molar-refractivity contribution in [1.82, 2.24) is 9.55 Å². The number of hydrogen-bond acceptors (Lipinski definition) is 7. The van der Waals surface area contributed by atoms with Crippen molar-refractivity contribution in [3.63, 3.8) is 0 Å². The monoisotopic (exact) mass is 348 g/mol. The number of nitrogens with zero attached hydrogens (tertiary/aromatic N) is 1. The first-order chi connectivity index (χ1) is 12.0. The van der Waals surface area contributed by atoms with Gasteiger partial charge in [0.15, 0.2) is 6.23 Å². The van der Waals surface area contributed by atoms with Crippen molar-refractivity contribution in [3.05, 3.63) is 69.0 Å². The minimum absolute atomic E-state index is 0.305. The fourth-order valence-corrected chi connectivity index (χ4v) is 2.54. The predicted octanol–water partition coefficient (Wildman–Crippen LogP) is -0.987. The van der Waals surface area contributed by atoms with Gasteiger partial charge in [0.2, 0.25) is 0 Å². The lowest BCUT2D eigenvalue weighted by Crippen LogP contribution is -2.37. The van der Waals surface area contributed by atoms with E-state index in [0.717, 1.165) is 16.8 Å². The van der Waals surface area contributed by atoms with E-state index in [-0.39, 0.29) is 6.61 Å². The second kappa shape index (κ2) is 7.01. The summed E-state index contributed by atoms with van der Waals surface area (Å²) >= 11 is 0. The molecule has 1 fully saturated rings. The second-order valence-corrected chi connectivity index (χ2v) is 5.53. The lowest BCUT2D eigenvalue weighted by Gasteiger charge is -2.16. The van der Waals surface area contributed by atoms with Crippen LogP contribution in [0.25, 0.3) is 0 Å². The Morgan fingerprint density at radius 3 is 2.56 bits per heavy atom. The highest BCUT2D eigenvalue weighted by Gasteiger charge is 2.44. The van der Waals surface area contributed by atoms with E-state index < -0.39 is 41.8 Å². The SMILES string of the molecule is O=C(OC[C@H]1O[C@@H](n2ccc(=O)[nH]c2=O)[C@@H](O)[C@H]1O)c1ccccc1. The topological polar surface area (TPSA) is 131 Å². The van der Waals surface area contributed by atoms with Gasteiger partial charge in [-0.2, -0.15) is 0 Å². The Morgan fingerprint density at radius 1 is 1.16 bits per heavy atom. The van der Waals surface area contributed by atoms with Gasteiger partial charge in [-0.15, -0.1) is 0 Å². The summed E-state index contributed by atoms with van der Waals surface area (Å²) in [5, 5.41) is 20.2. The number of hydrogen-bond donors (Lipinski definition) is 3. The zero-order valence-electron chi connectivity index (χ0n) is 12.9. The number of aliphatic hydroxyl groups is 2. The average Bonchev–Trinajstić information content (AvgIpc) is 2.89. The van der Waals surface area contributed by atoms with Crippen LogP contribution in [-0.4, -0.2) is 50.7 Å². The predicted molar refractivity (Wildman–Crippen MR) is 84.0 cm³/mol. The van der Waals surface area contributed by atoms with Crippen LogP contribution < -0.4 is 11.2 Å². The van der Waals surface area contributed by atoms with E-state index in [9.17, 15) is 24.6 Å². The zero-order chi connectivity index (χ0) is 18.0. The van der Waals surface area contributed by atoms with Gasteiger partial charge in [-0.1, -0.05) is 18.2 Å². The maximum absolute atomic E-state index is 11.9. The van der Waals surface area contributed by atoms with Crippen LogP contribution in [0.3, 0.4) is 0 Å². The smallest absolute Gasteiger partial charge is 0.338 e. The van der Waals surface area contributed by atoms with Gasteiger partial charge in [0.25, 0.3) is 5.56 Å². The average molecular weight is 348 g/mol. The second-order valence-electron chi connectivity index (χ2n) is 5.53. The highest BCUT2D eigenvalue weighted by molar-refractivity contribution is 5.89. The van der Waals surface area contributed by atoms with Crippen LogP contribution in [-0.2, 0) is 9.47 Å². The Morgan fingerprint density at radius 2 is 1.88 bits per heavy atom. The van der Waals surface area contributed by atoms with Gasteiger partial charge in [-0.25, -0.2) is 9.59 Å². The molecule has 1 aliphatic rings. The van der Waals surface area contributed by atoms with Crippen molar-refractivity contribution in [2.24, 2.45) is 0 Å². The molecule has 1 saturated heterocycles. The van der Waals surface area contributed by atoms with E-state index in [1.165, 1.54) is 0 Å². The van der Waals surface area contributed by atoms with Gasteiger partial charge < -0.3 is 19.7 Å². The van der Waals surface area contributed by atoms with Crippen LogP contribution in [0, 0.1) is 0 Å². The molecule has 1 aromatic heterocycles. The molecule has 2 heterocycles. The fraction of sp³-hybridized carbons (Fsp3) is 0.312. The summed E-state index contributed by atoms with van der Waals surface area (Å²) in [6.45, 7) is -0.305. The Labute approximate surface area is 141 Å². The molecular formula is C16H16N2O7. The van der Waals surface area contributed by atoms with Crippen molar-refractivity contribution < 1.29 is 24.5 Å². The van der Waals surface area contributed by atoms with Crippen LogP contribution in [0.1, 0.15) is 16.6 Å². The van der Waals surface area contributed by atoms with Gasteiger partial charge in [0.1, 0.15) is 24.9 Å². The molecule has 0 aliphatic carbocycles. The third-order valence-electron chi connectivity index (χ3n) is 3.85. The Kier molecular flexibility index (Phi) is 4.79. The number of carbonyl (C=O) groups is 1. The van der Waals surface area contributed by atoms with E-state index in [0.29, 0.717) is 5.56 Å². The molecule has 9 nitrogen and oxygen atoms in total. The molecule has 0 amide bonds. The largest absolute Gasteiger partial charge is 0.459 e. The summed E-state index contributed by atoms with van der Waals surface area (Å²) in [4.78, 5) is 36.8. The Balaban J connectivity index is 1.69. The molecule has 3 rings (SSSR count). The van der Waals surface area contributed by atoms with E-state index in [2.05, 4.69) is 0 Å². The maximum atomic E-state index is 11.9. The van der Waals surface area contributed by atoms with Crippen LogP contribution in [0.4, 0.5) is 0 Å². The zero-order valence-corrected chi connectivity index (χ0v) is 12.9. The molecule has 2 aromatic rings. The van der Waals surface area contributed by atoms with Gasteiger partial charge in [-0.05, 0) is 12.1 Å². The first-order valence-electron chi connectivity index (χ1n) is 7.52. The number of rotatable bonds is 4. The van der Waals surface area contributed by atoms with Crippen LogP contribution in [0.5, 0.6) is 0 Å². The third kappa shape index (κ3) is 3.53. The summed E-state index contributed by atoms with van der Waals surface area (Å²) in [5.74, 6) is -0.601. The molecule has 0 saturated carbocycles. The molecule has 0 radical (unpaired) electrons. The minimum Gasteiger partial charge on any atom is -0.459 e. The summed E-state index contributed by atoms with van der Waals surface area (Å²) in [6, 6.07) is 9.35. The highest BCUT2D eigenvalue weighted by Crippen LogP contribution is 2.28. The number of aromatic amines is 1. The van der Waals surface area contributed by atoms with Gasteiger partial charge in [0.05, 0.1) is 5.56 Å². The Hall–Kier alpha value is -2.75. The van der Waals surface area contributed by atoms with E-state index in [1.54, 1.807) is 30.3 Å². The molecule has 4 atom stereocenters. The lowest BCUT2D eigenvalue weighted by molar-refractivity contribution is -0.0599. The summed E-state index contributed by atoms with van der Waals surface area (Å²) in [6.07, 6.45) is -3.87. The number of aromatic nitrogens is 2. The van der Waals surface area contributed by atoms with E-state index in [4.69, 9.17) is 9.47 Å². The quantitative estimate of drug-likeness (QED) is 0.605. The van der Waals surface area contributed by atoms with Crippen LogP contribution >= 0.6 is 0 Å². The van der Waals surface area contributed by atoms with Gasteiger partial charge >= 0.3 is 11.7 Å². The van der Waals surface area contributed by atoms with Crippen molar-refractivity contribution in [3.8, 4) is 0 Å². The van der Waals surface area contributed by atoms with Crippen LogP contribution in [0.15, 0.2) is 52.2 Å². The van der Waals surface area contributed by atoms with E-state index >= 15 is 0 Å². The first-order valence-corrected chi connectivity index (χ1v) is 7.52. The molecule has 25 heavy (non-hydrogen) atoms. The number of ether oxygens (including phenoxy) is 2. The summed E-state index contributed by atoms with van der Waals surface area (Å²) in [7, 11) is 0. The molecule has 1 aliphatic heterocycles. The number of benzene rings is 1. The normalized spacial score (nSPS) is 25.7. The number of H-pyrrole nitrogens is 1. The van der Waals surface area contributed by atoms with Crippen molar-refractivity contribution in [2.75, 3.05) is 6.61 Å². The maximum Gasteiger partial charge on any atom is 0.338 e. The first kappa shape index (κ1) is 17.1. The number of nitrogens with one attached hydrogen (secondary N) is 1. The molecule has 1 aromatic carbocycles. The molecule has 3 N–H and O–H groups in total. The summed E-state index contributed by atoms with van der Waals surface area (Å²) in [5.41, 5.74) is -1.04. The molecule has 0 unspecified atom stereocenters. The van der Waals surface area contributed by atoms with Gasteiger partial charge in [0, 0.05) is 12.3 Å². The Bertz CT molecular complexity index is 861. The molecular weight excluding hydrogens is 332 g/mol. The van der Waals surface area contributed by atoms with Crippen molar-refractivity contribution in [1.29, 1.82) is 0 Å². The van der Waals surface area contributed by atoms with Gasteiger partial charge in [-0.3, -0.25) is 14.3 Å². The number of esters is 1. The van der Waals surface area contributed by atoms with Crippen LogP contribution in [0.2, 0.25) is 0 Å². The fourth-order valence-electron chi connectivity index (χ4n) is 2.54. The number of aliphatic hydroxyl groups excluding tert-OH is 2. The highest BCUT2D eigenvalue weighted by atomic mass is 16.6. The molecule has 0 spiro atoms.